The Morgan fingerprint density at radius 1 is 1.08 bits per heavy atom. The van der Waals surface area contributed by atoms with Crippen molar-refractivity contribution in [3.05, 3.63) is 70.9 Å². The summed E-state index contributed by atoms with van der Waals surface area (Å²) in [5.74, 6) is 0.601. The van der Waals surface area contributed by atoms with E-state index >= 15 is 0 Å². The number of rotatable bonds is 4. The molecule has 0 saturated carbocycles. The van der Waals surface area contributed by atoms with Crippen molar-refractivity contribution in [3.63, 3.8) is 0 Å². The second-order valence-corrected chi connectivity index (χ2v) is 10.8. The first-order chi connectivity index (χ1) is 18.2. The maximum Gasteiger partial charge on any atom is 0.144 e. The zero-order valence-corrected chi connectivity index (χ0v) is 22.6. The normalized spacial score (nSPS) is 28.9. The van der Waals surface area contributed by atoms with Crippen molar-refractivity contribution in [1.82, 2.24) is 19.9 Å². The molecule has 3 aromatic rings. The van der Waals surface area contributed by atoms with Gasteiger partial charge in [0.05, 0.1) is 30.0 Å². The van der Waals surface area contributed by atoms with E-state index in [1.807, 2.05) is 67.4 Å². The minimum absolute atomic E-state index is 0.211. The Labute approximate surface area is 229 Å². The smallest absolute Gasteiger partial charge is 0.144 e. The van der Waals surface area contributed by atoms with Crippen LogP contribution in [0.25, 0.3) is 10.3 Å². The standard InChI is InChI=1S/C25H24B2N6O2S.C2H6/c1-15-13-32-22(29-15)8-7-18(31-32)20-12-28-19-9-21(36-23(19)30-20)17-10-24(26,34)33(25(27,35)11-17)14-16-5-3-2-4-6-16;1-2/h2-9,12,15,17,34-35H,10-11,13-14H2,1H3;1-2H3. The maximum absolute atomic E-state index is 11.1. The van der Waals surface area contributed by atoms with Crippen LogP contribution in [-0.2, 0) is 6.54 Å². The van der Waals surface area contributed by atoms with E-state index in [1.54, 1.807) is 6.20 Å². The SMILES string of the molecule is CC.[B]C1(O)CC(c2cc3ncc(C4=NN5CC(C)N=C5C=C4)nc3s2)CC([B])(O)N1Cc1ccccc1. The van der Waals surface area contributed by atoms with Gasteiger partial charge < -0.3 is 10.2 Å². The molecule has 6 rings (SSSR count). The lowest BCUT2D eigenvalue weighted by Gasteiger charge is -2.53. The Morgan fingerprint density at radius 2 is 1.79 bits per heavy atom. The number of aliphatic imine (C=N–C) groups is 1. The lowest BCUT2D eigenvalue weighted by Crippen LogP contribution is -2.65. The molecule has 0 spiro atoms. The molecule has 0 amide bonds. The van der Waals surface area contributed by atoms with Gasteiger partial charge in [-0.05, 0) is 49.5 Å². The van der Waals surface area contributed by atoms with Gasteiger partial charge in [0.1, 0.15) is 43.3 Å². The third kappa shape index (κ3) is 5.20. The summed E-state index contributed by atoms with van der Waals surface area (Å²) in [7, 11) is 12.6. The van der Waals surface area contributed by atoms with Gasteiger partial charge >= 0.3 is 0 Å². The minimum Gasteiger partial charge on any atom is -0.385 e. The van der Waals surface area contributed by atoms with Gasteiger partial charge in [-0.25, -0.2) is 9.99 Å². The highest BCUT2D eigenvalue weighted by atomic mass is 32.1. The van der Waals surface area contributed by atoms with Crippen LogP contribution in [0, 0.1) is 0 Å². The molecule has 1 saturated heterocycles. The second kappa shape index (κ2) is 10.4. The summed E-state index contributed by atoms with van der Waals surface area (Å²) in [6.45, 7) is 7.03. The number of fused-ring (bicyclic) bond motifs is 2. The minimum atomic E-state index is -1.79. The summed E-state index contributed by atoms with van der Waals surface area (Å²) in [6.07, 6.45) is 5.99. The Bertz CT molecular complexity index is 1390. The first kappa shape index (κ1) is 26.7. The Hall–Kier alpha value is -2.85. The van der Waals surface area contributed by atoms with E-state index in [0.717, 1.165) is 38.9 Å². The molecular formula is C27H30B2N6O2S. The van der Waals surface area contributed by atoms with E-state index in [1.165, 1.54) is 16.2 Å². The molecule has 0 bridgehead atoms. The van der Waals surface area contributed by atoms with Gasteiger partial charge in [-0.2, -0.15) is 5.10 Å². The highest BCUT2D eigenvalue weighted by Gasteiger charge is 2.48. The molecule has 3 atom stereocenters. The number of aliphatic hydroxyl groups is 2. The van der Waals surface area contributed by atoms with Crippen LogP contribution in [0.2, 0.25) is 0 Å². The van der Waals surface area contributed by atoms with Gasteiger partial charge in [0, 0.05) is 11.4 Å². The quantitative estimate of drug-likeness (QED) is 0.510. The van der Waals surface area contributed by atoms with Crippen LogP contribution in [0.3, 0.4) is 0 Å². The molecule has 4 radical (unpaired) electrons. The topological polar surface area (TPSA) is 97.4 Å². The highest BCUT2D eigenvalue weighted by molar-refractivity contribution is 7.18. The fraction of sp³-hybridized carbons (Fsp3) is 0.407. The molecule has 8 nitrogen and oxygen atoms in total. The van der Waals surface area contributed by atoms with Crippen molar-refractivity contribution in [1.29, 1.82) is 0 Å². The molecule has 1 aromatic carbocycles. The number of aromatic nitrogens is 2. The molecular weight excluding hydrogens is 494 g/mol. The van der Waals surface area contributed by atoms with Crippen LogP contribution in [0.1, 0.15) is 55.7 Å². The lowest BCUT2D eigenvalue weighted by molar-refractivity contribution is -0.191. The van der Waals surface area contributed by atoms with Crippen LogP contribution in [0.4, 0.5) is 0 Å². The fourth-order valence-corrected chi connectivity index (χ4v) is 6.19. The molecule has 0 aliphatic carbocycles. The maximum atomic E-state index is 11.1. The number of nitrogens with zero attached hydrogens (tertiary/aromatic N) is 6. The van der Waals surface area contributed by atoms with E-state index < -0.39 is 11.2 Å². The van der Waals surface area contributed by atoms with E-state index in [2.05, 4.69) is 22.0 Å². The number of allylic oxidation sites excluding steroid dienone is 1. The van der Waals surface area contributed by atoms with Crippen molar-refractivity contribution in [2.75, 3.05) is 6.54 Å². The summed E-state index contributed by atoms with van der Waals surface area (Å²) >= 11 is 1.47. The van der Waals surface area contributed by atoms with Crippen LogP contribution >= 0.6 is 11.3 Å². The molecule has 2 N–H and O–H groups in total. The summed E-state index contributed by atoms with van der Waals surface area (Å²) in [5.41, 5.74) is -0.545. The number of likely N-dealkylation sites (tertiary alicyclic amines) is 1. The highest BCUT2D eigenvalue weighted by Crippen LogP contribution is 2.45. The summed E-state index contributed by atoms with van der Waals surface area (Å²) in [5, 5.41) is 28.9. The van der Waals surface area contributed by atoms with Crippen molar-refractivity contribution in [2.45, 2.75) is 63.4 Å². The lowest BCUT2D eigenvalue weighted by atomic mass is 9.66. The van der Waals surface area contributed by atoms with Gasteiger partial charge in [-0.1, -0.05) is 44.2 Å². The fourth-order valence-electron chi connectivity index (χ4n) is 5.10. The molecule has 3 aliphatic rings. The van der Waals surface area contributed by atoms with Gasteiger partial charge in [-0.15, -0.1) is 11.3 Å². The van der Waals surface area contributed by atoms with Gasteiger partial charge in [0.25, 0.3) is 0 Å². The van der Waals surface area contributed by atoms with Gasteiger partial charge in [0.15, 0.2) is 0 Å². The molecule has 5 heterocycles. The molecule has 1 fully saturated rings. The monoisotopic (exact) mass is 524 g/mol. The Kier molecular flexibility index (Phi) is 7.30. The first-order valence-corrected chi connectivity index (χ1v) is 13.7. The predicted octanol–water partition coefficient (Wildman–Crippen LogP) is 3.10. The average molecular weight is 524 g/mol. The van der Waals surface area contributed by atoms with Crippen molar-refractivity contribution < 1.29 is 10.2 Å². The van der Waals surface area contributed by atoms with Crippen molar-refractivity contribution >= 4 is 48.9 Å². The Balaban J connectivity index is 0.00000144. The number of hydrazone groups is 1. The Morgan fingerprint density at radius 3 is 2.50 bits per heavy atom. The third-order valence-electron chi connectivity index (χ3n) is 6.81. The zero-order chi connectivity index (χ0) is 27.1. The number of hydrogen-bond acceptors (Lipinski definition) is 9. The molecule has 38 heavy (non-hydrogen) atoms. The van der Waals surface area contributed by atoms with E-state index in [9.17, 15) is 10.2 Å². The first-order valence-electron chi connectivity index (χ1n) is 12.9. The van der Waals surface area contributed by atoms with E-state index in [0.29, 0.717) is 5.69 Å². The van der Waals surface area contributed by atoms with Crippen molar-refractivity contribution in [3.8, 4) is 0 Å². The van der Waals surface area contributed by atoms with Gasteiger partial charge in [0.2, 0.25) is 0 Å². The van der Waals surface area contributed by atoms with Gasteiger partial charge in [-0.3, -0.25) is 14.9 Å². The number of thiophene rings is 1. The van der Waals surface area contributed by atoms with E-state index in [4.69, 9.17) is 20.7 Å². The number of hydrogen-bond donors (Lipinski definition) is 2. The predicted molar refractivity (Wildman–Crippen MR) is 153 cm³/mol. The summed E-state index contributed by atoms with van der Waals surface area (Å²) in [4.78, 5) is 17.0. The largest absolute Gasteiger partial charge is 0.385 e. The van der Waals surface area contributed by atoms with Crippen molar-refractivity contribution in [2.24, 2.45) is 10.1 Å². The van der Waals surface area contributed by atoms with Crippen LogP contribution in [-0.4, -0.2) is 81.2 Å². The molecule has 3 aliphatic heterocycles. The van der Waals surface area contributed by atoms with Crippen LogP contribution in [0.5, 0.6) is 0 Å². The zero-order valence-electron chi connectivity index (χ0n) is 21.8. The second-order valence-electron chi connectivity index (χ2n) is 9.77. The molecule has 2 aromatic heterocycles. The number of amidine groups is 1. The van der Waals surface area contributed by atoms with E-state index in [-0.39, 0.29) is 31.3 Å². The number of piperidine rings is 1. The average Bonchev–Trinajstić information content (AvgIpc) is 3.49. The third-order valence-corrected chi connectivity index (χ3v) is 7.99. The molecule has 3 unspecified atom stereocenters. The molecule has 192 valence electrons. The summed E-state index contributed by atoms with van der Waals surface area (Å²) in [6, 6.07) is 11.7. The summed E-state index contributed by atoms with van der Waals surface area (Å²) < 4.78 is 0. The van der Waals surface area contributed by atoms with Crippen LogP contribution in [0.15, 0.2) is 64.8 Å². The molecule has 11 heteroatoms. The van der Waals surface area contributed by atoms with Crippen LogP contribution < -0.4 is 0 Å². The number of benzene rings is 1.